The van der Waals surface area contributed by atoms with Gasteiger partial charge in [-0.15, -0.1) is 12.4 Å². The van der Waals surface area contributed by atoms with E-state index in [4.69, 9.17) is 0 Å². The summed E-state index contributed by atoms with van der Waals surface area (Å²) in [6, 6.07) is 5.52. The summed E-state index contributed by atoms with van der Waals surface area (Å²) in [6.45, 7) is 2.81. The number of carbonyl (C=O) groups excluding carboxylic acids is 3. The average molecular weight is 352 g/mol. The second-order valence-corrected chi connectivity index (χ2v) is 6.17. The monoisotopic (exact) mass is 351 g/mol. The van der Waals surface area contributed by atoms with Crippen LogP contribution in [0.4, 0.5) is 11.4 Å². The highest BCUT2D eigenvalue weighted by Crippen LogP contribution is 2.28. The van der Waals surface area contributed by atoms with Crippen molar-refractivity contribution in [2.45, 2.75) is 45.1 Å². The standard InChI is InChI=1S/C17H21N3O3.ClH/c1-11-9-13(19-15(21)10-12-3-2-8-18-12)4-5-14(11)20-16(22)6-7-17(20)23;/h4-5,9,12,18H,2-3,6-8,10H2,1H3,(H,19,21);1H. The van der Waals surface area contributed by atoms with E-state index in [0.29, 0.717) is 17.8 Å². The van der Waals surface area contributed by atoms with Crippen LogP contribution in [0.3, 0.4) is 0 Å². The van der Waals surface area contributed by atoms with Crippen molar-refractivity contribution in [3.05, 3.63) is 23.8 Å². The second kappa shape index (κ2) is 7.77. The number of aryl methyl sites for hydroxylation is 1. The summed E-state index contributed by atoms with van der Waals surface area (Å²) in [5, 5.41) is 6.18. The van der Waals surface area contributed by atoms with Crippen molar-refractivity contribution in [2.24, 2.45) is 0 Å². The number of carbonyl (C=O) groups is 3. The van der Waals surface area contributed by atoms with E-state index in [1.807, 2.05) is 6.92 Å². The van der Waals surface area contributed by atoms with Crippen molar-refractivity contribution < 1.29 is 14.4 Å². The number of nitrogens with one attached hydrogen (secondary N) is 2. The van der Waals surface area contributed by atoms with Crippen molar-refractivity contribution in [3.8, 4) is 0 Å². The molecule has 2 aliphatic heterocycles. The minimum absolute atomic E-state index is 0. The summed E-state index contributed by atoms with van der Waals surface area (Å²) in [6.07, 6.45) is 3.15. The van der Waals surface area contributed by atoms with Gasteiger partial charge in [0, 0.05) is 31.0 Å². The van der Waals surface area contributed by atoms with Gasteiger partial charge in [-0.1, -0.05) is 0 Å². The fourth-order valence-electron chi connectivity index (χ4n) is 3.20. The lowest BCUT2D eigenvalue weighted by molar-refractivity contribution is -0.121. The van der Waals surface area contributed by atoms with E-state index in [1.54, 1.807) is 18.2 Å². The van der Waals surface area contributed by atoms with E-state index in [-0.39, 0.29) is 49.0 Å². The zero-order valence-corrected chi connectivity index (χ0v) is 14.4. The molecule has 2 saturated heterocycles. The molecule has 2 fully saturated rings. The first-order valence-corrected chi connectivity index (χ1v) is 8.04. The van der Waals surface area contributed by atoms with Crippen LogP contribution in [0.2, 0.25) is 0 Å². The summed E-state index contributed by atoms with van der Waals surface area (Å²) in [7, 11) is 0. The van der Waals surface area contributed by atoms with Gasteiger partial charge in [-0.2, -0.15) is 0 Å². The Morgan fingerprint density at radius 3 is 2.58 bits per heavy atom. The molecule has 0 radical (unpaired) electrons. The lowest BCUT2D eigenvalue weighted by atomic mass is 10.1. The number of rotatable bonds is 4. The number of hydrogen-bond acceptors (Lipinski definition) is 4. The molecular weight excluding hydrogens is 330 g/mol. The highest BCUT2D eigenvalue weighted by atomic mass is 35.5. The van der Waals surface area contributed by atoms with Gasteiger partial charge in [0.15, 0.2) is 0 Å². The molecule has 0 aliphatic carbocycles. The van der Waals surface area contributed by atoms with E-state index < -0.39 is 0 Å². The topological polar surface area (TPSA) is 78.5 Å². The Morgan fingerprint density at radius 1 is 1.29 bits per heavy atom. The first-order valence-electron chi connectivity index (χ1n) is 8.04. The third-order valence-electron chi connectivity index (χ3n) is 4.37. The Balaban J connectivity index is 0.00000208. The van der Waals surface area contributed by atoms with E-state index in [0.717, 1.165) is 24.9 Å². The van der Waals surface area contributed by atoms with Crippen LogP contribution in [0.1, 0.15) is 37.7 Å². The van der Waals surface area contributed by atoms with Crippen molar-refractivity contribution in [2.75, 3.05) is 16.8 Å². The third-order valence-corrected chi connectivity index (χ3v) is 4.37. The Kier molecular flexibility index (Phi) is 5.96. The highest BCUT2D eigenvalue weighted by molar-refractivity contribution is 6.20. The third kappa shape index (κ3) is 3.94. The molecule has 2 aliphatic rings. The van der Waals surface area contributed by atoms with Gasteiger partial charge in [-0.25, -0.2) is 0 Å². The Morgan fingerprint density at radius 2 is 2.00 bits per heavy atom. The molecule has 1 atom stereocenters. The molecule has 0 aromatic heterocycles. The molecule has 3 rings (SSSR count). The van der Waals surface area contributed by atoms with Crippen LogP contribution in [-0.2, 0) is 14.4 Å². The zero-order valence-electron chi connectivity index (χ0n) is 13.6. The molecule has 6 nitrogen and oxygen atoms in total. The predicted molar refractivity (Wildman–Crippen MR) is 94.4 cm³/mol. The molecule has 0 saturated carbocycles. The van der Waals surface area contributed by atoms with Gasteiger partial charge in [0.25, 0.3) is 0 Å². The second-order valence-electron chi connectivity index (χ2n) is 6.17. The van der Waals surface area contributed by atoms with Crippen LogP contribution in [-0.4, -0.2) is 30.3 Å². The van der Waals surface area contributed by atoms with Crippen molar-refractivity contribution >= 4 is 41.5 Å². The number of halogens is 1. The lowest BCUT2D eigenvalue weighted by Gasteiger charge is -2.18. The number of benzene rings is 1. The predicted octanol–water partition coefficient (Wildman–Crippen LogP) is 2.15. The number of nitrogens with zero attached hydrogens (tertiary/aromatic N) is 1. The summed E-state index contributed by atoms with van der Waals surface area (Å²) in [5.74, 6) is -0.353. The molecule has 2 N–H and O–H groups in total. The minimum Gasteiger partial charge on any atom is -0.326 e. The van der Waals surface area contributed by atoms with Gasteiger partial charge < -0.3 is 10.6 Å². The average Bonchev–Trinajstić information content (AvgIpc) is 3.11. The molecule has 0 spiro atoms. The quantitative estimate of drug-likeness (QED) is 0.815. The Labute approximate surface area is 147 Å². The lowest BCUT2D eigenvalue weighted by Crippen LogP contribution is -2.29. The largest absolute Gasteiger partial charge is 0.326 e. The van der Waals surface area contributed by atoms with Gasteiger partial charge in [0.2, 0.25) is 17.7 Å². The number of amides is 3. The normalized spacial score (nSPS) is 20.2. The first-order chi connectivity index (χ1) is 11.0. The molecule has 130 valence electrons. The summed E-state index contributed by atoms with van der Waals surface area (Å²) in [4.78, 5) is 36.9. The van der Waals surface area contributed by atoms with Crippen LogP contribution in [0, 0.1) is 6.92 Å². The summed E-state index contributed by atoms with van der Waals surface area (Å²) in [5.41, 5.74) is 2.09. The zero-order chi connectivity index (χ0) is 16.4. The minimum atomic E-state index is -0.165. The first kappa shape index (κ1) is 18.4. The number of imide groups is 1. The Bertz CT molecular complexity index is 640. The molecule has 0 bridgehead atoms. The molecule has 1 unspecified atom stereocenters. The van der Waals surface area contributed by atoms with Gasteiger partial charge in [-0.05, 0) is 50.1 Å². The fourth-order valence-corrected chi connectivity index (χ4v) is 3.20. The molecule has 7 heteroatoms. The van der Waals surface area contributed by atoms with Gasteiger partial charge in [0.1, 0.15) is 0 Å². The van der Waals surface area contributed by atoms with E-state index in [1.165, 1.54) is 4.90 Å². The molecule has 1 aromatic carbocycles. The summed E-state index contributed by atoms with van der Waals surface area (Å²) < 4.78 is 0. The van der Waals surface area contributed by atoms with Crippen molar-refractivity contribution in [1.29, 1.82) is 0 Å². The maximum Gasteiger partial charge on any atom is 0.234 e. The fraction of sp³-hybridized carbons (Fsp3) is 0.471. The number of anilines is 2. The van der Waals surface area contributed by atoms with E-state index >= 15 is 0 Å². The van der Waals surface area contributed by atoms with Gasteiger partial charge >= 0.3 is 0 Å². The van der Waals surface area contributed by atoms with Crippen LogP contribution >= 0.6 is 12.4 Å². The van der Waals surface area contributed by atoms with Gasteiger partial charge in [0.05, 0.1) is 5.69 Å². The summed E-state index contributed by atoms with van der Waals surface area (Å²) >= 11 is 0. The van der Waals surface area contributed by atoms with E-state index in [9.17, 15) is 14.4 Å². The molecule has 1 aromatic rings. The van der Waals surface area contributed by atoms with Crippen LogP contribution in [0.5, 0.6) is 0 Å². The molecule has 2 heterocycles. The maximum absolute atomic E-state index is 12.1. The number of hydrogen-bond donors (Lipinski definition) is 2. The molecular formula is C17H22ClN3O3. The molecule has 3 amide bonds. The SMILES string of the molecule is Cc1cc(NC(=O)CC2CCCN2)ccc1N1C(=O)CCC1=O.Cl. The molecule has 24 heavy (non-hydrogen) atoms. The highest BCUT2D eigenvalue weighted by Gasteiger charge is 2.31. The maximum atomic E-state index is 12.1. The van der Waals surface area contributed by atoms with Crippen LogP contribution in [0.25, 0.3) is 0 Å². The van der Waals surface area contributed by atoms with Crippen LogP contribution < -0.4 is 15.5 Å². The van der Waals surface area contributed by atoms with Crippen LogP contribution in [0.15, 0.2) is 18.2 Å². The van der Waals surface area contributed by atoms with Gasteiger partial charge in [-0.3, -0.25) is 19.3 Å². The van der Waals surface area contributed by atoms with Crippen molar-refractivity contribution in [3.63, 3.8) is 0 Å². The Hall–Kier alpha value is -1.92. The van der Waals surface area contributed by atoms with Crippen molar-refractivity contribution in [1.82, 2.24) is 5.32 Å². The van der Waals surface area contributed by atoms with E-state index in [2.05, 4.69) is 10.6 Å². The smallest absolute Gasteiger partial charge is 0.234 e.